The average Bonchev–Trinajstić information content (AvgIpc) is 3.16. The Morgan fingerprint density at radius 1 is 0.771 bits per heavy atom. The Morgan fingerprint density at radius 2 is 1.43 bits per heavy atom. The van der Waals surface area contributed by atoms with Crippen molar-refractivity contribution in [3.8, 4) is 0 Å². The number of ether oxygens (including phenoxy) is 1. The van der Waals surface area contributed by atoms with Gasteiger partial charge in [0.05, 0.1) is 0 Å². The predicted molar refractivity (Wildman–Crippen MR) is 141 cm³/mol. The van der Waals surface area contributed by atoms with Crippen LogP contribution in [-0.2, 0) is 9.53 Å². The summed E-state index contributed by atoms with van der Waals surface area (Å²) in [5, 5.41) is 0. The maximum Gasteiger partial charge on any atom is 0.302 e. The molecule has 35 heavy (non-hydrogen) atoms. The highest BCUT2D eigenvalue weighted by molar-refractivity contribution is 5.66. The summed E-state index contributed by atoms with van der Waals surface area (Å²) in [5.74, 6) is 3.32. The molecule has 4 heteroatoms. The van der Waals surface area contributed by atoms with Crippen molar-refractivity contribution in [3.05, 3.63) is 0 Å². The molecule has 0 aromatic rings. The van der Waals surface area contributed by atoms with Gasteiger partial charge in [-0.2, -0.15) is 0 Å². The molecule has 198 valence electrons. The number of esters is 1. The predicted octanol–water partition coefficient (Wildman–Crippen LogP) is 6.28. The maximum atomic E-state index is 12.3. The molecule has 2 saturated heterocycles. The molecule has 0 amide bonds. The van der Waals surface area contributed by atoms with Crippen LogP contribution < -0.4 is 0 Å². The van der Waals surface area contributed by atoms with E-state index in [0.29, 0.717) is 11.5 Å². The summed E-state index contributed by atoms with van der Waals surface area (Å²) >= 11 is 0. The zero-order valence-electron chi connectivity index (χ0n) is 23.0. The average molecular weight is 485 g/mol. The van der Waals surface area contributed by atoms with E-state index in [9.17, 15) is 4.79 Å². The summed E-state index contributed by atoms with van der Waals surface area (Å²) in [6.45, 7) is 12.0. The largest absolute Gasteiger partial charge is 0.460 e. The smallest absolute Gasteiger partial charge is 0.302 e. The SMILES string of the molecule is CC(=O)OC1C(N2CCCCC2)CC2C3CCC4CCC(N5CCCCC5)CC4(C)C3CCC21C. The number of nitrogens with zero attached hydrogens (tertiary/aromatic N) is 2. The lowest BCUT2D eigenvalue weighted by Crippen LogP contribution is -2.57. The fraction of sp³-hybridized carbons (Fsp3) is 0.968. The quantitative estimate of drug-likeness (QED) is 0.441. The molecule has 0 N–H and O–H groups in total. The topological polar surface area (TPSA) is 32.8 Å². The molecular weight excluding hydrogens is 432 g/mol. The first kappa shape index (κ1) is 24.7. The number of likely N-dealkylation sites (tertiary alicyclic amines) is 2. The number of carbonyl (C=O) groups excluding carboxylic acids is 1. The summed E-state index contributed by atoms with van der Waals surface area (Å²) in [7, 11) is 0. The number of fused-ring (bicyclic) bond motifs is 5. The molecule has 0 aromatic heterocycles. The molecule has 0 aromatic carbocycles. The first-order valence-corrected chi connectivity index (χ1v) is 15.6. The van der Waals surface area contributed by atoms with Gasteiger partial charge in [-0.3, -0.25) is 9.69 Å². The molecule has 0 bridgehead atoms. The lowest BCUT2D eigenvalue weighted by molar-refractivity contribution is -0.166. The third-order valence-corrected chi connectivity index (χ3v) is 12.6. The number of carbonyl (C=O) groups is 1. The second-order valence-electron chi connectivity index (χ2n) is 14.2. The second kappa shape index (κ2) is 9.61. The summed E-state index contributed by atoms with van der Waals surface area (Å²) < 4.78 is 6.27. The van der Waals surface area contributed by atoms with Crippen molar-refractivity contribution < 1.29 is 9.53 Å². The Balaban J connectivity index is 1.25. The van der Waals surface area contributed by atoms with Crippen LogP contribution in [0.3, 0.4) is 0 Å². The van der Waals surface area contributed by atoms with Gasteiger partial charge in [-0.25, -0.2) is 0 Å². The first-order valence-electron chi connectivity index (χ1n) is 15.6. The van der Waals surface area contributed by atoms with Crippen molar-refractivity contribution in [2.45, 2.75) is 129 Å². The van der Waals surface area contributed by atoms with E-state index in [0.717, 1.165) is 29.7 Å². The van der Waals surface area contributed by atoms with Crippen molar-refractivity contribution in [1.82, 2.24) is 9.80 Å². The molecule has 4 nitrogen and oxygen atoms in total. The molecule has 0 spiro atoms. The third kappa shape index (κ3) is 4.21. The normalized spacial score (nSPS) is 49.1. The molecule has 4 aliphatic carbocycles. The van der Waals surface area contributed by atoms with Gasteiger partial charge in [0.15, 0.2) is 0 Å². The van der Waals surface area contributed by atoms with Crippen LogP contribution in [0.1, 0.15) is 111 Å². The minimum Gasteiger partial charge on any atom is -0.460 e. The van der Waals surface area contributed by atoms with E-state index in [4.69, 9.17) is 4.74 Å². The highest BCUT2D eigenvalue weighted by Crippen LogP contribution is 2.67. The molecule has 6 rings (SSSR count). The Labute approximate surface area is 214 Å². The van der Waals surface area contributed by atoms with Crippen LogP contribution in [-0.4, -0.2) is 60.1 Å². The highest BCUT2D eigenvalue weighted by Gasteiger charge is 2.64. The standard InChI is InChI=1S/C31H52N2O2/c1-22(34)35-29-28(33-18-8-5-9-19-33)20-27-25-13-11-23-10-12-24(32-16-6-4-7-17-32)21-31(23,3)26(25)14-15-30(27,29)2/h23-29H,4-21H2,1-3H3. The number of piperidine rings is 2. The van der Waals surface area contributed by atoms with Gasteiger partial charge in [-0.05, 0) is 132 Å². The van der Waals surface area contributed by atoms with E-state index in [2.05, 4.69) is 23.6 Å². The third-order valence-electron chi connectivity index (χ3n) is 12.6. The molecule has 6 aliphatic rings. The van der Waals surface area contributed by atoms with Gasteiger partial charge in [0.25, 0.3) is 0 Å². The Hall–Kier alpha value is -0.610. The minimum atomic E-state index is -0.0617. The molecule has 9 atom stereocenters. The molecule has 4 saturated carbocycles. The van der Waals surface area contributed by atoms with Crippen LogP contribution in [0, 0.1) is 34.5 Å². The van der Waals surface area contributed by atoms with Gasteiger partial charge in [-0.15, -0.1) is 0 Å². The van der Waals surface area contributed by atoms with Gasteiger partial charge in [0.1, 0.15) is 6.10 Å². The minimum absolute atomic E-state index is 0.0617. The maximum absolute atomic E-state index is 12.3. The Morgan fingerprint density at radius 3 is 2.11 bits per heavy atom. The molecule has 2 aliphatic heterocycles. The second-order valence-corrected chi connectivity index (χ2v) is 14.2. The number of rotatable bonds is 3. The molecule has 9 unspecified atom stereocenters. The van der Waals surface area contributed by atoms with E-state index < -0.39 is 0 Å². The molecular formula is C31H52N2O2. The fourth-order valence-corrected chi connectivity index (χ4v) is 10.9. The van der Waals surface area contributed by atoms with E-state index >= 15 is 0 Å². The van der Waals surface area contributed by atoms with Crippen LogP contribution in [0.25, 0.3) is 0 Å². The Bertz CT molecular complexity index is 774. The summed E-state index contributed by atoms with van der Waals surface area (Å²) in [6, 6.07) is 1.29. The highest BCUT2D eigenvalue weighted by atomic mass is 16.5. The van der Waals surface area contributed by atoms with Crippen LogP contribution in [0.4, 0.5) is 0 Å². The van der Waals surface area contributed by atoms with Gasteiger partial charge < -0.3 is 9.64 Å². The fourth-order valence-electron chi connectivity index (χ4n) is 10.9. The number of hydrogen-bond donors (Lipinski definition) is 0. The van der Waals surface area contributed by atoms with Gasteiger partial charge in [-0.1, -0.05) is 26.7 Å². The zero-order chi connectivity index (χ0) is 24.2. The van der Waals surface area contributed by atoms with Crippen molar-refractivity contribution in [1.29, 1.82) is 0 Å². The van der Waals surface area contributed by atoms with Gasteiger partial charge >= 0.3 is 5.97 Å². The summed E-state index contributed by atoms with van der Waals surface area (Å²) in [4.78, 5) is 17.9. The van der Waals surface area contributed by atoms with Crippen LogP contribution >= 0.6 is 0 Å². The van der Waals surface area contributed by atoms with Crippen molar-refractivity contribution in [2.75, 3.05) is 26.2 Å². The van der Waals surface area contributed by atoms with Crippen LogP contribution in [0.2, 0.25) is 0 Å². The van der Waals surface area contributed by atoms with E-state index in [-0.39, 0.29) is 17.5 Å². The lowest BCUT2D eigenvalue weighted by Gasteiger charge is -2.61. The van der Waals surface area contributed by atoms with Gasteiger partial charge in [0, 0.05) is 24.4 Å². The number of hydrogen-bond acceptors (Lipinski definition) is 4. The Kier molecular flexibility index (Phi) is 6.78. The molecule has 0 radical (unpaired) electrons. The molecule has 2 heterocycles. The van der Waals surface area contributed by atoms with E-state index in [1.807, 2.05) is 0 Å². The zero-order valence-corrected chi connectivity index (χ0v) is 23.0. The van der Waals surface area contributed by atoms with Crippen LogP contribution in [0.15, 0.2) is 0 Å². The first-order chi connectivity index (χ1) is 16.9. The van der Waals surface area contributed by atoms with Crippen molar-refractivity contribution in [2.24, 2.45) is 34.5 Å². The molecule has 6 fully saturated rings. The monoisotopic (exact) mass is 484 g/mol. The van der Waals surface area contributed by atoms with Gasteiger partial charge in [0.2, 0.25) is 0 Å². The van der Waals surface area contributed by atoms with E-state index in [1.54, 1.807) is 6.92 Å². The van der Waals surface area contributed by atoms with Crippen molar-refractivity contribution in [3.63, 3.8) is 0 Å². The summed E-state index contributed by atoms with van der Waals surface area (Å²) in [5.41, 5.74) is 0.684. The van der Waals surface area contributed by atoms with E-state index in [1.165, 1.54) is 116 Å². The summed E-state index contributed by atoms with van der Waals surface area (Å²) in [6.07, 6.45) is 19.5. The lowest BCUT2D eigenvalue weighted by atomic mass is 9.45. The van der Waals surface area contributed by atoms with Crippen LogP contribution in [0.5, 0.6) is 0 Å². The van der Waals surface area contributed by atoms with Crippen molar-refractivity contribution >= 4 is 5.97 Å².